The molecule has 0 fully saturated rings. The van der Waals surface area contributed by atoms with Crippen molar-refractivity contribution in [1.29, 1.82) is 0 Å². The third-order valence-corrected chi connectivity index (χ3v) is 7.28. The molecule has 0 atom stereocenters. The molecule has 0 unspecified atom stereocenters. The Kier molecular flexibility index (Phi) is 7.85. The summed E-state index contributed by atoms with van der Waals surface area (Å²) in [6.45, 7) is 3.03. The van der Waals surface area contributed by atoms with E-state index in [0.29, 0.717) is 39.9 Å². The molecule has 3 heterocycles. The third-order valence-electron chi connectivity index (χ3n) is 6.16. The fourth-order valence-electron chi connectivity index (χ4n) is 4.03. The Morgan fingerprint density at radius 3 is 2.70 bits per heavy atom. The summed E-state index contributed by atoms with van der Waals surface area (Å²) >= 11 is 1.33. The number of aromatic nitrogens is 3. The van der Waals surface area contributed by atoms with Crippen LogP contribution in [0.2, 0.25) is 0 Å². The summed E-state index contributed by atoms with van der Waals surface area (Å²) in [6, 6.07) is 17.2. The van der Waals surface area contributed by atoms with Crippen LogP contribution in [-0.2, 0) is 0 Å². The Morgan fingerprint density at radius 2 is 1.95 bits per heavy atom. The molecule has 9 nitrogen and oxygen atoms in total. The van der Waals surface area contributed by atoms with Crippen LogP contribution in [0.5, 0.6) is 5.75 Å². The molecule has 0 aliphatic rings. The Bertz CT molecular complexity index is 1700. The summed E-state index contributed by atoms with van der Waals surface area (Å²) in [4.78, 5) is 32.4. The molecule has 2 aromatic carbocycles. The smallest absolute Gasteiger partial charge is 0.288 e. The minimum absolute atomic E-state index is 0.00777. The predicted molar refractivity (Wildman–Crippen MR) is 156 cm³/mol. The maximum atomic E-state index is 14.7. The number of pyridine rings is 1. The number of thiophene rings is 1. The second-order valence-corrected chi connectivity index (χ2v) is 10.4. The highest BCUT2D eigenvalue weighted by Gasteiger charge is 2.17. The highest BCUT2D eigenvalue weighted by molar-refractivity contribution is 7.20. The maximum absolute atomic E-state index is 14.7. The molecule has 0 aliphatic heterocycles. The minimum Gasteiger partial charge on any atom is -0.491 e. The number of amides is 1. The lowest BCUT2D eigenvalue weighted by molar-refractivity contribution is 0.103. The minimum atomic E-state index is -0.587. The molecule has 5 aromatic rings. The number of benzene rings is 2. The number of carbonyl (C=O) groups is 1. The molecule has 1 amide bonds. The second-order valence-electron chi connectivity index (χ2n) is 9.35. The molecule has 0 saturated carbocycles. The van der Waals surface area contributed by atoms with Gasteiger partial charge in [0.1, 0.15) is 29.7 Å². The largest absolute Gasteiger partial charge is 0.491 e. The molecule has 0 aliphatic carbocycles. The van der Waals surface area contributed by atoms with Gasteiger partial charge in [0.2, 0.25) is 0 Å². The van der Waals surface area contributed by atoms with E-state index in [-0.39, 0.29) is 11.4 Å². The average molecular weight is 559 g/mol. The maximum Gasteiger partial charge on any atom is 0.288 e. The number of nitrogens with one attached hydrogen (secondary N) is 3. The molecule has 3 N–H and O–H groups in total. The van der Waals surface area contributed by atoms with Crippen LogP contribution < -0.4 is 20.9 Å². The Hall–Kier alpha value is -4.61. The Morgan fingerprint density at radius 1 is 1.12 bits per heavy atom. The normalized spacial score (nSPS) is 11.1. The molecular weight excluding hydrogens is 531 g/mol. The molecule has 11 heteroatoms. The number of rotatable bonds is 9. The van der Waals surface area contributed by atoms with Gasteiger partial charge >= 0.3 is 0 Å². The summed E-state index contributed by atoms with van der Waals surface area (Å²) in [5.74, 6) is 0.0628. The van der Waals surface area contributed by atoms with E-state index in [2.05, 4.69) is 25.8 Å². The van der Waals surface area contributed by atoms with Crippen LogP contribution in [0, 0.1) is 12.7 Å². The molecule has 0 saturated heterocycles. The Labute approximate surface area is 233 Å². The van der Waals surface area contributed by atoms with Crippen molar-refractivity contribution in [2.24, 2.45) is 0 Å². The zero-order valence-corrected chi connectivity index (χ0v) is 22.9. The van der Waals surface area contributed by atoms with E-state index in [1.54, 1.807) is 37.4 Å². The fraction of sp³-hybridized carbons (Fsp3) is 0.172. The second kappa shape index (κ2) is 11.6. The molecule has 0 spiro atoms. The van der Waals surface area contributed by atoms with Crippen molar-refractivity contribution in [3.05, 3.63) is 93.5 Å². The number of hydrogen-bond donors (Lipinski definition) is 3. The van der Waals surface area contributed by atoms with Gasteiger partial charge in [-0.2, -0.15) is 5.10 Å². The van der Waals surface area contributed by atoms with Crippen LogP contribution in [0.15, 0.2) is 71.7 Å². The van der Waals surface area contributed by atoms with E-state index < -0.39 is 17.3 Å². The van der Waals surface area contributed by atoms with Crippen LogP contribution in [-0.4, -0.2) is 53.2 Å². The molecule has 204 valence electrons. The van der Waals surface area contributed by atoms with Crippen LogP contribution in [0.1, 0.15) is 15.2 Å². The van der Waals surface area contributed by atoms with Crippen molar-refractivity contribution in [2.45, 2.75) is 6.92 Å². The lowest BCUT2D eigenvalue weighted by Gasteiger charge is -2.13. The predicted octanol–water partition coefficient (Wildman–Crippen LogP) is 5.43. The van der Waals surface area contributed by atoms with Gasteiger partial charge < -0.3 is 20.3 Å². The van der Waals surface area contributed by atoms with Crippen LogP contribution in [0.4, 0.5) is 21.6 Å². The molecule has 0 bridgehead atoms. The number of fused-ring (bicyclic) bond motifs is 1. The van der Waals surface area contributed by atoms with Gasteiger partial charge in [-0.05, 0) is 68.9 Å². The summed E-state index contributed by atoms with van der Waals surface area (Å²) in [5, 5.41) is 13.3. The van der Waals surface area contributed by atoms with Gasteiger partial charge in [-0.1, -0.05) is 18.2 Å². The lowest BCUT2D eigenvalue weighted by atomic mass is 10.1. The van der Waals surface area contributed by atoms with E-state index in [9.17, 15) is 14.0 Å². The van der Waals surface area contributed by atoms with E-state index in [4.69, 9.17) is 4.74 Å². The number of anilines is 3. The standard InChI is InChI=1S/C29H27FN6O3S/c1-17-26(34-35-29(38)27(17)33-25-11-9-20(16-31-25)39-13-12-36(2)3)19-8-10-21(30)22(14-19)32-28(37)24-15-18-6-4-5-7-23(18)40-24/h4-11,14-16H,12-13H2,1-3H3,(H,32,37)(H,35,38)(H,31,33,34). The van der Waals surface area contributed by atoms with Crippen LogP contribution >= 0.6 is 11.3 Å². The van der Waals surface area contributed by atoms with Gasteiger partial charge in [-0.3, -0.25) is 9.59 Å². The highest BCUT2D eigenvalue weighted by atomic mass is 32.1. The van der Waals surface area contributed by atoms with Gasteiger partial charge in [-0.15, -0.1) is 11.3 Å². The zero-order valence-electron chi connectivity index (χ0n) is 22.1. The number of halogens is 1. The fourth-order valence-corrected chi connectivity index (χ4v) is 4.98. The topological polar surface area (TPSA) is 112 Å². The van der Waals surface area contributed by atoms with Crippen LogP contribution in [0.3, 0.4) is 0 Å². The van der Waals surface area contributed by atoms with E-state index in [1.807, 2.05) is 43.3 Å². The number of nitrogens with zero attached hydrogens (tertiary/aromatic N) is 3. The van der Waals surface area contributed by atoms with Crippen LogP contribution in [0.25, 0.3) is 21.3 Å². The first-order chi connectivity index (χ1) is 19.3. The Balaban J connectivity index is 1.36. The van der Waals surface area contributed by atoms with Gasteiger partial charge in [0.25, 0.3) is 11.5 Å². The highest BCUT2D eigenvalue weighted by Crippen LogP contribution is 2.30. The average Bonchev–Trinajstić information content (AvgIpc) is 3.38. The van der Waals surface area contributed by atoms with E-state index >= 15 is 0 Å². The summed E-state index contributed by atoms with van der Waals surface area (Å²) in [5.41, 5.74) is 1.29. The van der Waals surface area contributed by atoms with Gasteiger partial charge in [-0.25, -0.2) is 14.5 Å². The number of likely N-dealkylation sites (N-methyl/N-ethyl adjacent to an activating group) is 1. The van der Waals surface area contributed by atoms with Gasteiger partial charge in [0, 0.05) is 22.4 Å². The first-order valence-corrected chi connectivity index (χ1v) is 13.3. The van der Waals surface area contributed by atoms with Crippen molar-refractivity contribution in [3.63, 3.8) is 0 Å². The number of carbonyl (C=O) groups excluding carboxylic acids is 1. The number of H-pyrrole nitrogens is 1. The molecule has 40 heavy (non-hydrogen) atoms. The van der Waals surface area contributed by atoms with Gasteiger partial charge in [0.15, 0.2) is 0 Å². The van der Waals surface area contributed by atoms with Gasteiger partial charge in [0.05, 0.1) is 22.5 Å². The van der Waals surface area contributed by atoms with E-state index in [1.165, 1.54) is 23.5 Å². The number of ether oxygens (including phenoxy) is 1. The molecule has 3 aromatic heterocycles. The van der Waals surface area contributed by atoms with Crippen molar-refractivity contribution in [1.82, 2.24) is 20.1 Å². The van der Waals surface area contributed by atoms with Crippen molar-refractivity contribution in [2.75, 3.05) is 37.9 Å². The molecular formula is C29H27FN6O3S. The van der Waals surface area contributed by atoms with E-state index in [0.717, 1.165) is 16.6 Å². The number of aromatic amines is 1. The zero-order chi connectivity index (χ0) is 28.2. The summed E-state index contributed by atoms with van der Waals surface area (Å²) in [6.07, 6.45) is 1.58. The molecule has 5 rings (SSSR count). The first kappa shape index (κ1) is 27.0. The quantitative estimate of drug-likeness (QED) is 0.221. The third kappa shape index (κ3) is 6.00. The summed E-state index contributed by atoms with van der Waals surface area (Å²) in [7, 11) is 3.93. The monoisotopic (exact) mass is 558 g/mol. The SMILES string of the molecule is Cc1c(-c2ccc(F)c(NC(=O)c3cc4ccccc4s3)c2)n[nH]c(=O)c1Nc1ccc(OCCN(C)C)cn1. The molecule has 0 radical (unpaired) electrons. The lowest BCUT2D eigenvalue weighted by Crippen LogP contribution is -2.19. The van der Waals surface area contributed by atoms with Crippen molar-refractivity contribution < 1.29 is 13.9 Å². The first-order valence-electron chi connectivity index (χ1n) is 12.5. The number of hydrogen-bond acceptors (Lipinski definition) is 8. The summed E-state index contributed by atoms with van der Waals surface area (Å²) < 4.78 is 21.4. The van der Waals surface area contributed by atoms with Crippen molar-refractivity contribution >= 4 is 44.5 Å². The van der Waals surface area contributed by atoms with Crippen molar-refractivity contribution in [3.8, 4) is 17.0 Å².